The summed E-state index contributed by atoms with van der Waals surface area (Å²) in [6.45, 7) is 0.287. The van der Waals surface area contributed by atoms with Crippen molar-refractivity contribution in [2.45, 2.75) is 12.3 Å². The molecule has 0 fully saturated rings. The van der Waals surface area contributed by atoms with E-state index in [1.165, 1.54) is 12.4 Å². The third-order valence-corrected chi connectivity index (χ3v) is 3.60. The lowest BCUT2D eigenvalue weighted by atomic mass is 10.1. The first kappa shape index (κ1) is 13.4. The number of benzene rings is 1. The minimum atomic E-state index is -3.59. The Hall–Kier alpha value is -2.06. The van der Waals surface area contributed by atoms with Crippen molar-refractivity contribution in [3.05, 3.63) is 47.8 Å². The van der Waals surface area contributed by atoms with E-state index >= 15 is 0 Å². The van der Waals surface area contributed by atoms with Gasteiger partial charge in [0, 0.05) is 6.54 Å². The van der Waals surface area contributed by atoms with Crippen LogP contribution in [0.3, 0.4) is 0 Å². The number of nitrogens with two attached hydrogens (primary N) is 1. The zero-order chi connectivity index (χ0) is 13.7. The molecule has 19 heavy (non-hydrogen) atoms. The van der Waals surface area contributed by atoms with Crippen LogP contribution in [0.5, 0.6) is 0 Å². The molecule has 7 nitrogen and oxygen atoms in total. The average molecular weight is 279 g/mol. The van der Waals surface area contributed by atoms with Gasteiger partial charge in [-0.15, -0.1) is 5.10 Å². The number of rotatable bonds is 5. The van der Waals surface area contributed by atoms with Crippen LogP contribution in [0.4, 0.5) is 5.95 Å². The molecule has 0 radical (unpaired) electrons. The van der Waals surface area contributed by atoms with Crippen LogP contribution in [0.1, 0.15) is 11.1 Å². The fraction of sp³-hybridized carbons (Fsp3) is 0.182. The number of anilines is 1. The van der Waals surface area contributed by atoms with Crippen molar-refractivity contribution in [2.24, 2.45) is 5.73 Å². The molecular formula is C11H13N5O2S. The molecule has 2 rings (SSSR count). The SMILES string of the molecule is NCc1ccccc1CS(=O)(=O)Nc1nccnn1. The van der Waals surface area contributed by atoms with E-state index in [0.29, 0.717) is 5.56 Å². The highest BCUT2D eigenvalue weighted by molar-refractivity contribution is 7.91. The summed E-state index contributed by atoms with van der Waals surface area (Å²) < 4.78 is 26.2. The second-order valence-electron chi connectivity index (χ2n) is 3.80. The summed E-state index contributed by atoms with van der Waals surface area (Å²) in [7, 11) is -3.59. The first-order chi connectivity index (χ1) is 9.11. The summed E-state index contributed by atoms with van der Waals surface area (Å²) in [6.07, 6.45) is 2.72. The van der Waals surface area contributed by atoms with Crippen LogP contribution in [0.25, 0.3) is 0 Å². The van der Waals surface area contributed by atoms with Gasteiger partial charge >= 0.3 is 0 Å². The van der Waals surface area contributed by atoms with Gasteiger partial charge in [0.15, 0.2) is 0 Å². The normalized spacial score (nSPS) is 11.2. The second kappa shape index (κ2) is 5.72. The van der Waals surface area contributed by atoms with Crippen LogP contribution >= 0.6 is 0 Å². The summed E-state index contributed by atoms with van der Waals surface area (Å²) in [5.74, 6) is -0.230. The molecule has 8 heteroatoms. The van der Waals surface area contributed by atoms with Crippen molar-refractivity contribution in [3.8, 4) is 0 Å². The zero-order valence-corrected chi connectivity index (χ0v) is 10.8. The predicted molar refractivity (Wildman–Crippen MR) is 70.4 cm³/mol. The number of nitrogens with one attached hydrogen (secondary N) is 1. The van der Waals surface area contributed by atoms with E-state index in [0.717, 1.165) is 5.56 Å². The average Bonchev–Trinajstić information content (AvgIpc) is 2.39. The van der Waals surface area contributed by atoms with Crippen LogP contribution in [0.15, 0.2) is 36.7 Å². The number of aromatic nitrogens is 3. The third-order valence-electron chi connectivity index (χ3n) is 2.41. The molecule has 1 aromatic carbocycles. The predicted octanol–water partition coefficient (Wildman–Crippen LogP) is 0.272. The maximum atomic E-state index is 12.0. The summed E-state index contributed by atoms with van der Waals surface area (Å²) in [4.78, 5) is 3.76. The fourth-order valence-electron chi connectivity index (χ4n) is 1.57. The molecule has 0 aliphatic carbocycles. The van der Waals surface area contributed by atoms with Crippen molar-refractivity contribution in [2.75, 3.05) is 4.72 Å². The van der Waals surface area contributed by atoms with Crippen molar-refractivity contribution in [1.82, 2.24) is 15.2 Å². The van der Waals surface area contributed by atoms with Gasteiger partial charge < -0.3 is 5.73 Å². The minimum absolute atomic E-state index is 0.0484. The van der Waals surface area contributed by atoms with Gasteiger partial charge in [-0.05, 0) is 11.1 Å². The number of sulfonamides is 1. The molecule has 0 unspecified atom stereocenters. The molecule has 100 valence electrons. The highest BCUT2D eigenvalue weighted by atomic mass is 32.2. The number of hydrogen-bond donors (Lipinski definition) is 2. The molecule has 0 bridgehead atoms. The van der Waals surface area contributed by atoms with E-state index < -0.39 is 10.0 Å². The Labute approximate surface area is 110 Å². The Morgan fingerprint density at radius 2 is 1.89 bits per heavy atom. The van der Waals surface area contributed by atoms with Crippen LogP contribution in [0, 0.1) is 0 Å². The molecular weight excluding hydrogens is 266 g/mol. The highest BCUT2D eigenvalue weighted by Crippen LogP contribution is 2.13. The zero-order valence-electron chi connectivity index (χ0n) is 10.0. The Kier molecular flexibility index (Phi) is 4.03. The molecule has 0 saturated heterocycles. The largest absolute Gasteiger partial charge is 0.326 e. The summed E-state index contributed by atoms with van der Waals surface area (Å²) in [6, 6.07) is 7.11. The van der Waals surface area contributed by atoms with Crippen LogP contribution < -0.4 is 10.5 Å². The Morgan fingerprint density at radius 1 is 1.16 bits per heavy atom. The van der Waals surface area contributed by atoms with E-state index in [2.05, 4.69) is 19.9 Å². The summed E-state index contributed by atoms with van der Waals surface area (Å²) in [5.41, 5.74) is 7.02. The third kappa shape index (κ3) is 3.70. The minimum Gasteiger partial charge on any atom is -0.326 e. The lowest BCUT2D eigenvalue weighted by Crippen LogP contribution is -2.18. The maximum Gasteiger partial charge on any atom is 0.256 e. The topological polar surface area (TPSA) is 111 Å². The lowest BCUT2D eigenvalue weighted by Gasteiger charge is -2.09. The summed E-state index contributed by atoms with van der Waals surface area (Å²) >= 11 is 0. The molecule has 0 aliphatic rings. The lowest BCUT2D eigenvalue weighted by molar-refractivity contribution is 0.599. The second-order valence-corrected chi connectivity index (χ2v) is 5.52. The quantitative estimate of drug-likeness (QED) is 0.812. The summed E-state index contributed by atoms with van der Waals surface area (Å²) in [5, 5.41) is 7.12. The van der Waals surface area contributed by atoms with Gasteiger partial charge in [-0.1, -0.05) is 24.3 Å². The first-order valence-corrected chi connectivity index (χ1v) is 7.17. The molecule has 1 heterocycles. The van der Waals surface area contributed by atoms with E-state index in [1.807, 2.05) is 6.07 Å². The first-order valence-electron chi connectivity index (χ1n) is 5.52. The maximum absolute atomic E-state index is 12.0. The molecule has 1 aromatic heterocycles. The molecule has 0 saturated carbocycles. The molecule has 0 atom stereocenters. The smallest absolute Gasteiger partial charge is 0.256 e. The standard InChI is InChI=1S/C11H13N5O2S/c12-7-9-3-1-2-4-10(9)8-19(17,18)16-11-13-5-6-14-15-11/h1-6H,7-8,12H2,(H,13,15,16). The van der Waals surface area contributed by atoms with Crippen molar-refractivity contribution >= 4 is 16.0 Å². The molecule has 0 spiro atoms. The van der Waals surface area contributed by atoms with Gasteiger partial charge in [-0.3, -0.25) is 0 Å². The monoisotopic (exact) mass is 279 g/mol. The molecule has 0 aliphatic heterocycles. The van der Waals surface area contributed by atoms with E-state index in [9.17, 15) is 8.42 Å². The van der Waals surface area contributed by atoms with Gasteiger partial charge in [0.2, 0.25) is 10.0 Å². The Balaban J connectivity index is 2.18. The van der Waals surface area contributed by atoms with Crippen molar-refractivity contribution in [1.29, 1.82) is 0 Å². The van der Waals surface area contributed by atoms with Gasteiger partial charge in [-0.25, -0.2) is 18.1 Å². The number of nitrogens with zero attached hydrogens (tertiary/aromatic N) is 3. The van der Waals surface area contributed by atoms with E-state index in [4.69, 9.17) is 5.73 Å². The highest BCUT2D eigenvalue weighted by Gasteiger charge is 2.15. The number of hydrogen-bond acceptors (Lipinski definition) is 6. The van der Waals surface area contributed by atoms with E-state index in [1.54, 1.807) is 18.2 Å². The van der Waals surface area contributed by atoms with Crippen LogP contribution in [-0.2, 0) is 22.3 Å². The van der Waals surface area contributed by atoms with Gasteiger partial charge in [0.05, 0.1) is 18.1 Å². The molecule has 2 aromatic rings. The van der Waals surface area contributed by atoms with Crippen molar-refractivity contribution < 1.29 is 8.42 Å². The Morgan fingerprint density at radius 3 is 2.53 bits per heavy atom. The molecule has 0 amide bonds. The van der Waals surface area contributed by atoms with Gasteiger partial charge in [0.1, 0.15) is 0 Å². The van der Waals surface area contributed by atoms with Gasteiger partial charge in [0.25, 0.3) is 5.95 Å². The van der Waals surface area contributed by atoms with Crippen LogP contribution in [0.2, 0.25) is 0 Å². The Bertz CT molecular complexity index is 645. The fourth-order valence-corrected chi connectivity index (χ4v) is 2.71. The van der Waals surface area contributed by atoms with Crippen molar-refractivity contribution in [3.63, 3.8) is 0 Å². The van der Waals surface area contributed by atoms with Gasteiger partial charge in [-0.2, -0.15) is 5.10 Å². The van der Waals surface area contributed by atoms with Crippen LogP contribution in [-0.4, -0.2) is 23.6 Å². The molecule has 3 N–H and O–H groups in total. The van der Waals surface area contributed by atoms with E-state index in [-0.39, 0.29) is 18.2 Å².